The summed E-state index contributed by atoms with van der Waals surface area (Å²) in [6.07, 6.45) is 1.64. The molecule has 2 saturated heterocycles. The number of rotatable bonds is 6. The second kappa shape index (κ2) is 11.5. The highest BCUT2D eigenvalue weighted by molar-refractivity contribution is 8.18. The van der Waals surface area contributed by atoms with Gasteiger partial charge in [0.25, 0.3) is 17.1 Å². The van der Waals surface area contributed by atoms with Gasteiger partial charge in [0.15, 0.2) is 0 Å². The van der Waals surface area contributed by atoms with Crippen LogP contribution in [0.5, 0.6) is 0 Å². The Balaban J connectivity index is 1.17. The fourth-order valence-corrected chi connectivity index (χ4v) is 5.43. The van der Waals surface area contributed by atoms with Crippen molar-refractivity contribution in [3.05, 3.63) is 111 Å². The van der Waals surface area contributed by atoms with E-state index in [1.807, 2.05) is 29.2 Å². The summed E-state index contributed by atoms with van der Waals surface area (Å²) in [6, 6.07) is 20.7. The zero-order valence-corrected chi connectivity index (χ0v) is 22.1. The molecule has 0 atom stereocenters. The topological polar surface area (TPSA) is 60.9 Å². The molecule has 0 aromatic heterocycles. The summed E-state index contributed by atoms with van der Waals surface area (Å²) in [5.41, 5.74) is 3.02. The molecule has 0 unspecified atom stereocenters. The average Bonchev–Trinajstić information content (AvgIpc) is 3.18. The van der Waals surface area contributed by atoms with Crippen molar-refractivity contribution in [3.63, 3.8) is 0 Å². The highest BCUT2D eigenvalue weighted by Crippen LogP contribution is 2.33. The molecule has 194 valence electrons. The monoisotopic (exact) mass is 549 g/mol. The van der Waals surface area contributed by atoms with Crippen LogP contribution < -0.4 is 0 Å². The van der Waals surface area contributed by atoms with E-state index in [-0.39, 0.29) is 12.5 Å². The number of imide groups is 1. The largest absolute Gasteiger partial charge is 0.336 e. The van der Waals surface area contributed by atoms with Crippen LogP contribution in [0, 0.1) is 5.82 Å². The molecule has 2 heterocycles. The van der Waals surface area contributed by atoms with Gasteiger partial charge in [0.1, 0.15) is 5.82 Å². The molecule has 6 nitrogen and oxygen atoms in total. The van der Waals surface area contributed by atoms with Gasteiger partial charge in [-0.2, -0.15) is 0 Å². The van der Waals surface area contributed by atoms with Gasteiger partial charge in [-0.1, -0.05) is 48.0 Å². The van der Waals surface area contributed by atoms with Gasteiger partial charge in [-0.25, -0.2) is 4.39 Å². The van der Waals surface area contributed by atoms with E-state index in [1.165, 1.54) is 17.7 Å². The lowest BCUT2D eigenvalue weighted by atomic mass is 10.1. The van der Waals surface area contributed by atoms with Gasteiger partial charge in [-0.15, -0.1) is 0 Å². The number of nitrogens with zero attached hydrogens (tertiary/aromatic N) is 3. The number of halogens is 2. The number of thioether (sulfide) groups is 1. The number of piperazine rings is 1. The second-order valence-electron chi connectivity index (χ2n) is 9.21. The van der Waals surface area contributed by atoms with Crippen LogP contribution in [0.4, 0.5) is 9.18 Å². The molecule has 0 aliphatic carbocycles. The van der Waals surface area contributed by atoms with E-state index in [9.17, 15) is 18.8 Å². The van der Waals surface area contributed by atoms with E-state index in [1.54, 1.807) is 42.5 Å². The molecule has 3 amide bonds. The Morgan fingerprint density at radius 3 is 2.29 bits per heavy atom. The third-order valence-electron chi connectivity index (χ3n) is 6.54. The van der Waals surface area contributed by atoms with Crippen LogP contribution in [0.25, 0.3) is 6.08 Å². The molecule has 2 aliphatic heterocycles. The van der Waals surface area contributed by atoms with Crippen LogP contribution in [-0.2, 0) is 17.9 Å². The molecule has 3 aromatic carbocycles. The fraction of sp³-hybridized carbons (Fsp3) is 0.207. The summed E-state index contributed by atoms with van der Waals surface area (Å²) in [4.78, 5) is 43.8. The van der Waals surface area contributed by atoms with Crippen LogP contribution in [-0.4, -0.2) is 57.9 Å². The summed E-state index contributed by atoms with van der Waals surface area (Å²) >= 11 is 6.82. The van der Waals surface area contributed by atoms with E-state index in [4.69, 9.17) is 11.6 Å². The standard InChI is InChI=1S/C29H25ClFN3O3S/c30-24-10-6-21(7-11-24)18-32-12-14-33(15-13-32)27(35)23-8-4-20(5-9-23)17-26-28(36)34(29(37)38-26)19-22-2-1-3-25(31)16-22/h1-11,16-17H,12-15,18-19H2/b26-17-. The minimum atomic E-state index is -0.417. The van der Waals surface area contributed by atoms with Crippen molar-refractivity contribution >= 4 is 46.5 Å². The van der Waals surface area contributed by atoms with Crippen molar-refractivity contribution in [1.82, 2.24) is 14.7 Å². The molecule has 3 aromatic rings. The SMILES string of the molecule is O=C(c1ccc(/C=C2\SC(=O)N(Cc3cccc(F)c3)C2=O)cc1)N1CCN(Cc2ccc(Cl)cc2)CC1. The van der Waals surface area contributed by atoms with E-state index in [2.05, 4.69) is 4.90 Å². The Hall–Kier alpha value is -3.46. The fourth-order valence-electron chi connectivity index (χ4n) is 4.47. The van der Waals surface area contributed by atoms with Crippen LogP contribution in [0.15, 0.2) is 77.7 Å². The first kappa shape index (κ1) is 26.2. The maximum atomic E-state index is 13.5. The molecule has 0 saturated carbocycles. The number of hydrogen-bond donors (Lipinski definition) is 0. The van der Waals surface area contributed by atoms with Gasteiger partial charge in [-0.05, 0) is 70.9 Å². The summed E-state index contributed by atoms with van der Waals surface area (Å²) in [7, 11) is 0. The Labute approximate surface area is 229 Å². The predicted octanol–water partition coefficient (Wildman–Crippen LogP) is 5.67. The third kappa shape index (κ3) is 6.15. The lowest BCUT2D eigenvalue weighted by Gasteiger charge is -2.34. The molecular formula is C29H25ClFN3O3S. The van der Waals surface area contributed by atoms with Gasteiger partial charge in [0, 0.05) is 43.3 Å². The van der Waals surface area contributed by atoms with Crippen LogP contribution in [0.3, 0.4) is 0 Å². The van der Waals surface area contributed by atoms with Crippen LogP contribution >= 0.6 is 23.4 Å². The number of benzene rings is 3. The summed E-state index contributed by atoms with van der Waals surface area (Å²) in [5, 5.41) is 0.323. The minimum absolute atomic E-state index is 0.0141. The van der Waals surface area contributed by atoms with E-state index >= 15 is 0 Å². The molecule has 0 N–H and O–H groups in total. The quantitative estimate of drug-likeness (QED) is 0.371. The molecule has 0 radical (unpaired) electrons. The summed E-state index contributed by atoms with van der Waals surface area (Å²) in [6.45, 7) is 3.71. The van der Waals surface area contributed by atoms with Crippen LogP contribution in [0.2, 0.25) is 5.02 Å². The van der Waals surface area contributed by atoms with Crippen LogP contribution in [0.1, 0.15) is 27.0 Å². The van der Waals surface area contributed by atoms with Gasteiger partial charge in [0.2, 0.25) is 0 Å². The van der Waals surface area contributed by atoms with E-state index in [0.717, 1.165) is 41.3 Å². The lowest BCUT2D eigenvalue weighted by molar-refractivity contribution is -0.123. The maximum Gasteiger partial charge on any atom is 0.293 e. The minimum Gasteiger partial charge on any atom is -0.336 e. The first-order chi connectivity index (χ1) is 18.4. The van der Waals surface area contributed by atoms with Gasteiger partial charge in [0.05, 0.1) is 11.4 Å². The van der Waals surface area contributed by atoms with Crippen molar-refractivity contribution in [3.8, 4) is 0 Å². The number of amides is 3. The molecule has 5 rings (SSSR count). The zero-order chi connectivity index (χ0) is 26.6. The van der Waals surface area contributed by atoms with Gasteiger partial charge >= 0.3 is 0 Å². The molecule has 2 fully saturated rings. The lowest BCUT2D eigenvalue weighted by Crippen LogP contribution is -2.48. The molecule has 9 heteroatoms. The van der Waals surface area contributed by atoms with E-state index < -0.39 is 17.0 Å². The predicted molar refractivity (Wildman–Crippen MR) is 147 cm³/mol. The van der Waals surface area contributed by atoms with Gasteiger partial charge < -0.3 is 4.90 Å². The smallest absolute Gasteiger partial charge is 0.293 e. The molecule has 0 bridgehead atoms. The highest BCUT2D eigenvalue weighted by Gasteiger charge is 2.35. The normalized spacial score (nSPS) is 17.5. The van der Waals surface area contributed by atoms with Gasteiger partial charge in [-0.3, -0.25) is 24.2 Å². The average molecular weight is 550 g/mol. The zero-order valence-electron chi connectivity index (χ0n) is 20.5. The van der Waals surface area contributed by atoms with Crippen molar-refractivity contribution in [1.29, 1.82) is 0 Å². The number of carbonyl (C=O) groups excluding carboxylic acids is 3. The highest BCUT2D eigenvalue weighted by atomic mass is 35.5. The second-order valence-corrected chi connectivity index (χ2v) is 10.6. The molecular weight excluding hydrogens is 525 g/mol. The first-order valence-corrected chi connectivity index (χ1v) is 13.4. The van der Waals surface area contributed by atoms with Crippen molar-refractivity contribution in [2.45, 2.75) is 13.1 Å². The summed E-state index contributed by atoms with van der Waals surface area (Å²) in [5.74, 6) is -0.863. The Morgan fingerprint density at radius 2 is 1.61 bits per heavy atom. The third-order valence-corrected chi connectivity index (χ3v) is 7.70. The number of hydrogen-bond acceptors (Lipinski definition) is 5. The Kier molecular flexibility index (Phi) is 7.93. The number of carbonyl (C=O) groups is 3. The Bertz CT molecular complexity index is 1390. The first-order valence-electron chi connectivity index (χ1n) is 12.2. The molecule has 2 aliphatic rings. The van der Waals surface area contributed by atoms with Crippen molar-refractivity contribution in [2.24, 2.45) is 0 Å². The summed E-state index contributed by atoms with van der Waals surface area (Å²) < 4.78 is 13.5. The molecule has 38 heavy (non-hydrogen) atoms. The molecule has 0 spiro atoms. The van der Waals surface area contributed by atoms with E-state index in [0.29, 0.717) is 34.7 Å². The van der Waals surface area contributed by atoms with Crippen molar-refractivity contribution < 1.29 is 18.8 Å². The maximum absolute atomic E-state index is 13.5. The Morgan fingerprint density at radius 1 is 0.895 bits per heavy atom. The van der Waals surface area contributed by atoms with Crippen molar-refractivity contribution in [2.75, 3.05) is 26.2 Å².